The fourth-order valence-electron chi connectivity index (χ4n) is 16.2. The van der Waals surface area contributed by atoms with Crippen molar-refractivity contribution in [3.05, 3.63) is 24.3 Å². The van der Waals surface area contributed by atoms with E-state index in [1.165, 1.54) is 148 Å². The van der Waals surface area contributed by atoms with E-state index in [1.807, 2.05) is 6.08 Å². The molecule has 700 valence electrons. The Labute approximate surface area is 706 Å². The average Bonchev–Trinajstić information content (AvgIpc) is 0.767. The summed E-state index contributed by atoms with van der Waals surface area (Å²) in [6, 6.07) is -4.65. The summed E-state index contributed by atoms with van der Waals surface area (Å²) in [6.07, 6.45) is -8.19. The first-order valence-corrected chi connectivity index (χ1v) is 44.6. The number of hydrogen-bond donors (Lipinski definition) is 21. The van der Waals surface area contributed by atoms with Gasteiger partial charge >= 0.3 is 0 Å². The van der Waals surface area contributed by atoms with Crippen molar-refractivity contribution in [2.24, 2.45) is 0 Å². The number of rotatable bonds is 59. The van der Waals surface area contributed by atoms with Gasteiger partial charge in [-0.3, -0.25) is 14.4 Å². The van der Waals surface area contributed by atoms with Crippen LogP contribution in [0.1, 0.15) is 246 Å². The van der Waals surface area contributed by atoms with Crippen LogP contribution in [0, 0.1) is 0 Å². The first-order valence-electron chi connectivity index (χ1n) is 44.6. The highest BCUT2D eigenvalue weighted by atomic mass is 16.8. The second kappa shape index (κ2) is 58.2. The van der Waals surface area contributed by atoms with Crippen LogP contribution < -0.4 is 16.0 Å². The van der Waals surface area contributed by atoms with Crippen LogP contribution in [0.15, 0.2) is 24.3 Å². The predicted octanol–water partition coefficient (Wildman–Crippen LogP) is 0.473. The van der Waals surface area contributed by atoms with Crippen LogP contribution in [0.4, 0.5) is 0 Å². The van der Waals surface area contributed by atoms with Crippen LogP contribution in [-0.2, 0) is 71.2 Å². The monoisotopic (exact) mass is 1730 g/mol. The number of nitrogens with one attached hydrogen (secondary N) is 3. The molecule has 0 aromatic heterocycles. The van der Waals surface area contributed by atoms with E-state index < -0.39 is 254 Å². The van der Waals surface area contributed by atoms with E-state index in [0.717, 1.165) is 65.2 Å². The van der Waals surface area contributed by atoms with E-state index in [-0.39, 0.29) is 12.3 Å². The summed E-state index contributed by atoms with van der Waals surface area (Å²) in [4.78, 5) is 39.4. The number of unbranched alkanes of at least 4 members (excludes halogenated alkanes) is 30. The van der Waals surface area contributed by atoms with Gasteiger partial charge in [-0.15, -0.1) is 0 Å². The molecule has 0 aromatic rings. The molecule has 6 heterocycles. The summed E-state index contributed by atoms with van der Waals surface area (Å²) in [5.74, 6) is -2.05. The van der Waals surface area contributed by atoms with Crippen LogP contribution in [-0.4, -0.2) is 352 Å². The molecule has 0 bridgehead atoms. The first kappa shape index (κ1) is 105. The number of carbonyl (C=O) groups excluding carboxylic acids is 3. The normalized spacial score (nSPS) is 35.6. The average molecular weight is 1730 g/mol. The Morgan fingerprint density at radius 2 is 0.642 bits per heavy atom. The quantitative estimate of drug-likeness (QED) is 0.0291. The molecule has 0 saturated carbocycles. The smallest absolute Gasteiger partial charge is 0.220 e. The van der Waals surface area contributed by atoms with E-state index in [2.05, 4.69) is 41.9 Å². The highest BCUT2D eigenvalue weighted by Crippen LogP contribution is 2.38. The van der Waals surface area contributed by atoms with E-state index in [1.54, 1.807) is 6.08 Å². The lowest BCUT2D eigenvalue weighted by Crippen LogP contribution is -2.71. The van der Waals surface area contributed by atoms with Crippen molar-refractivity contribution >= 4 is 17.7 Å². The minimum atomic E-state index is -2.27. The lowest BCUT2D eigenvalue weighted by Gasteiger charge is -2.51. The zero-order valence-corrected chi connectivity index (χ0v) is 70.9. The van der Waals surface area contributed by atoms with Gasteiger partial charge in [0.1, 0.15) is 146 Å². The fourth-order valence-corrected chi connectivity index (χ4v) is 16.2. The highest BCUT2D eigenvalue weighted by molar-refractivity contribution is 5.76. The molecular weight excluding hydrogens is 1580 g/mol. The van der Waals surface area contributed by atoms with Crippen LogP contribution in [0.25, 0.3) is 0 Å². The number of ether oxygens (including phenoxy) is 12. The predicted molar refractivity (Wildman–Crippen MR) is 431 cm³/mol. The Bertz CT molecular complexity index is 2790. The zero-order chi connectivity index (χ0) is 87.6. The maximum Gasteiger partial charge on any atom is 0.220 e. The van der Waals surface area contributed by atoms with Crippen LogP contribution in [0.5, 0.6) is 0 Å². The summed E-state index contributed by atoms with van der Waals surface area (Å²) >= 11 is 0. The van der Waals surface area contributed by atoms with Gasteiger partial charge in [0.25, 0.3) is 0 Å². The van der Waals surface area contributed by atoms with Gasteiger partial charge in [0.2, 0.25) is 17.7 Å². The molecule has 6 rings (SSSR count). The number of allylic oxidation sites excluding steroid dienone is 3. The number of hydrogen-bond acceptors (Lipinski definition) is 33. The Morgan fingerprint density at radius 3 is 1.09 bits per heavy atom. The molecule has 6 fully saturated rings. The Hall–Kier alpha value is -3.31. The third-order valence-electron chi connectivity index (χ3n) is 23.4. The molecule has 0 aromatic carbocycles. The zero-order valence-electron chi connectivity index (χ0n) is 70.9. The summed E-state index contributed by atoms with van der Waals surface area (Å²) in [6.45, 7) is 0.0933. The Balaban J connectivity index is 1.05. The van der Waals surface area contributed by atoms with Crippen molar-refractivity contribution in [3.63, 3.8) is 0 Å². The maximum absolute atomic E-state index is 13.6. The van der Waals surface area contributed by atoms with Crippen molar-refractivity contribution in [2.75, 3.05) is 46.2 Å². The van der Waals surface area contributed by atoms with Gasteiger partial charge in [0.05, 0.1) is 58.4 Å². The number of aliphatic hydroxyl groups is 18. The van der Waals surface area contributed by atoms with Crippen molar-refractivity contribution < 1.29 is 163 Å². The van der Waals surface area contributed by atoms with Crippen molar-refractivity contribution in [2.45, 2.75) is 442 Å². The van der Waals surface area contributed by atoms with Gasteiger partial charge in [0.15, 0.2) is 37.7 Å². The van der Waals surface area contributed by atoms with Gasteiger partial charge in [-0.1, -0.05) is 205 Å². The lowest BCUT2D eigenvalue weighted by molar-refractivity contribution is -0.385. The maximum atomic E-state index is 13.6. The molecule has 3 amide bonds. The lowest BCUT2D eigenvalue weighted by atomic mass is 9.93. The van der Waals surface area contributed by atoms with Gasteiger partial charge in [0, 0.05) is 20.3 Å². The van der Waals surface area contributed by atoms with E-state index in [4.69, 9.17) is 56.8 Å². The van der Waals surface area contributed by atoms with Crippen LogP contribution in [0.2, 0.25) is 0 Å². The summed E-state index contributed by atoms with van der Waals surface area (Å²) < 4.78 is 71.1. The molecule has 21 N–H and O–H groups in total. The minimum Gasteiger partial charge on any atom is -0.394 e. The minimum absolute atomic E-state index is 0.177. The van der Waals surface area contributed by atoms with Gasteiger partial charge in [-0.05, 0) is 44.9 Å². The van der Waals surface area contributed by atoms with Crippen molar-refractivity contribution in [1.29, 1.82) is 0 Å². The molecule has 6 aliphatic rings. The molecule has 32 atom stereocenters. The SMILES string of the molecule is CCCCCCCC/C=C\CCCCCCCCCCCCCCCC(=O)N[C@@H](CO[C@@H]1OC(CO)[C@@H](O[C@@H]2OC(CO)[C@H](O[C@@H]3OC(CO)[C@H](O)[C@H](O[C@@H]4OC(CO)[C@H](O)[C@H](O[C@@H]5OC(CO)[C@H](O[C@@H]6OC(CO)[C@H](O)[C@H](O)C6O)[C@H](O)C5NC(C)=O)C4O)C3NC(C)=O)[C@H](O)C2O)[C@H](O)C1O)[C@H](O)/C=C/CCCCCCCCCCCCC. The molecule has 120 heavy (non-hydrogen) atoms. The third kappa shape index (κ3) is 33.7. The van der Waals surface area contributed by atoms with Crippen LogP contribution in [0.3, 0.4) is 0 Å². The standard InChI is InChI=1S/C84H151N3O33/c1-5-7-9-11-13-15-17-19-20-21-22-23-24-25-26-27-28-30-32-34-36-38-40-42-60(97)87-52(53(96)41-39-37-35-33-31-29-18-16-14-12-10-8-6-2)49-109-81-71(106)68(103)76(58(47-92)114-81)118-83-72(107)69(104)75(59(48-93)115-83)116-80-62(86-51(4)95)77(64(99)55(44-89)110-80)119-84-73(108)78(65(100)56(45-90)112-84)120-79-61(85-50(3)94)66(101)74(57(46-91)113-79)117-82-70(105)67(102)63(98)54(43-88)111-82/h19-20,39,41,52-59,61-84,88-93,96,98-108H,5-18,21-38,40,42-49H2,1-4H3,(H,85,94)(H,86,95)(H,87,97)/b20-19-,41-39+/t52-,53+,54?,55?,56?,57?,58?,59?,61?,62?,63-,64-,65-,66+,67-,68+,69+,70?,71?,72?,73?,74-,75-,76+,77+,78-,79-,80-,81+,82-,83-,84-/m0/s1. The first-order chi connectivity index (χ1) is 57.8. The molecule has 12 unspecified atom stereocenters. The second-order valence-corrected chi connectivity index (χ2v) is 33.1. The van der Waals surface area contributed by atoms with E-state index in [9.17, 15) is 106 Å². The van der Waals surface area contributed by atoms with Gasteiger partial charge in [-0.2, -0.15) is 0 Å². The van der Waals surface area contributed by atoms with Crippen molar-refractivity contribution in [3.8, 4) is 0 Å². The molecule has 0 aliphatic carbocycles. The number of aliphatic hydroxyl groups excluding tert-OH is 18. The van der Waals surface area contributed by atoms with Gasteiger partial charge in [-0.25, -0.2) is 0 Å². The fraction of sp³-hybridized carbons (Fsp3) is 0.917. The van der Waals surface area contributed by atoms with Gasteiger partial charge < -0.3 is 165 Å². The molecule has 36 nitrogen and oxygen atoms in total. The largest absolute Gasteiger partial charge is 0.394 e. The summed E-state index contributed by atoms with van der Waals surface area (Å²) in [5, 5.41) is 208. The summed E-state index contributed by atoms with van der Waals surface area (Å²) in [7, 11) is 0. The highest BCUT2D eigenvalue weighted by Gasteiger charge is 2.59. The van der Waals surface area contributed by atoms with Crippen LogP contribution >= 0.6 is 0 Å². The third-order valence-corrected chi connectivity index (χ3v) is 23.4. The topological polar surface area (TPSA) is 562 Å². The number of carbonyl (C=O) groups is 3. The Morgan fingerprint density at radius 1 is 0.325 bits per heavy atom. The summed E-state index contributed by atoms with van der Waals surface area (Å²) in [5.41, 5.74) is 0. The van der Waals surface area contributed by atoms with E-state index >= 15 is 0 Å². The molecular formula is C84H151N3O33. The Kier molecular flexibility index (Phi) is 51.2. The van der Waals surface area contributed by atoms with Crippen molar-refractivity contribution in [1.82, 2.24) is 16.0 Å². The molecule has 0 radical (unpaired) electrons. The molecule has 36 heteroatoms. The van der Waals surface area contributed by atoms with E-state index in [0.29, 0.717) is 12.8 Å². The molecule has 6 aliphatic heterocycles. The molecule has 6 saturated heterocycles. The second-order valence-electron chi connectivity index (χ2n) is 33.1. The number of amides is 3. The molecule has 0 spiro atoms.